The van der Waals surface area contributed by atoms with Crippen LogP contribution in [0.3, 0.4) is 0 Å². The van der Waals surface area contributed by atoms with E-state index in [-0.39, 0.29) is 0 Å². The van der Waals surface area contributed by atoms with Crippen LogP contribution in [0, 0.1) is 11.3 Å². The minimum absolute atomic E-state index is 0.577. The molecule has 0 amide bonds. The molecule has 0 aliphatic heterocycles. The molecule has 0 unspecified atom stereocenters. The van der Waals surface area contributed by atoms with Gasteiger partial charge in [0.1, 0.15) is 6.07 Å². The third-order valence-electron chi connectivity index (χ3n) is 0.418. The third-order valence-corrected chi connectivity index (χ3v) is 0.666. The van der Waals surface area contributed by atoms with Gasteiger partial charge in [-0.1, -0.05) is 0 Å². The highest BCUT2D eigenvalue weighted by molar-refractivity contribution is 6.84. The van der Waals surface area contributed by atoms with Crippen molar-refractivity contribution in [2.75, 3.05) is 0 Å². The zero-order chi connectivity index (χ0) is 7.28. The first-order valence-corrected chi connectivity index (χ1v) is 2.36. The summed E-state index contributed by atoms with van der Waals surface area (Å²) in [5.74, 6) is 0. The summed E-state index contributed by atoms with van der Waals surface area (Å²) < 4.78 is 3.59. The smallest absolute Gasteiger partial charge is 0.276 e. The van der Waals surface area contributed by atoms with Crippen molar-refractivity contribution in [3.63, 3.8) is 0 Å². The molecular formula is C3Cl2N2O2. The average molecular weight is 167 g/mol. The molecule has 0 rings (SSSR count). The number of nitriles is 1. The second-order valence-corrected chi connectivity index (χ2v) is 1.38. The summed E-state index contributed by atoms with van der Waals surface area (Å²) in [5.41, 5.74) is -0.577. The molecule has 0 radical (unpaired) electrons. The fourth-order valence-electron chi connectivity index (χ4n) is 0.135. The van der Waals surface area contributed by atoms with Crippen molar-refractivity contribution in [1.29, 1.82) is 5.26 Å². The zero-order valence-electron chi connectivity index (χ0n) is 3.97. The lowest BCUT2D eigenvalue weighted by molar-refractivity contribution is -0.106. The molecule has 6 heteroatoms. The minimum Gasteiger partial charge on any atom is -0.276 e. The Morgan fingerprint density at radius 1 is 1.78 bits per heavy atom. The van der Waals surface area contributed by atoms with Crippen LogP contribution in [0.5, 0.6) is 0 Å². The number of halogens is 2. The van der Waals surface area contributed by atoms with Crippen molar-refractivity contribution in [3.05, 3.63) is 0 Å². The van der Waals surface area contributed by atoms with Gasteiger partial charge < -0.3 is 0 Å². The Hall–Kier alpha value is -0.790. The highest BCUT2D eigenvalue weighted by atomic mass is 35.5. The quantitative estimate of drug-likeness (QED) is 0.347. The van der Waals surface area contributed by atoms with Gasteiger partial charge in [0.15, 0.2) is 11.9 Å². The molecule has 0 aliphatic rings. The molecule has 0 saturated heterocycles. The molecule has 0 bridgehead atoms. The van der Waals surface area contributed by atoms with Gasteiger partial charge in [-0.05, 0) is 16.8 Å². The number of hydrogen-bond donors (Lipinski definition) is 0. The number of hydrogen-bond acceptors (Lipinski definition) is 4. The lowest BCUT2D eigenvalue weighted by Gasteiger charge is -1.81. The molecule has 0 aliphatic carbocycles. The summed E-state index contributed by atoms with van der Waals surface area (Å²) >= 11 is 9.36. The van der Waals surface area contributed by atoms with Crippen LogP contribution >= 0.6 is 23.5 Å². The van der Waals surface area contributed by atoms with Crippen LogP contribution in [0.25, 0.3) is 0 Å². The number of rotatable bonds is 2. The Morgan fingerprint density at radius 2 is 2.33 bits per heavy atom. The lowest BCUT2D eigenvalue weighted by atomic mass is 10.5. The fraction of sp³-hybridized carbons (Fsp3) is 0. The van der Waals surface area contributed by atoms with Crippen molar-refractivity contribution in [1.82, 2.24) is 0 Å². The number of oxime groups is 1. The SMILES string of the molecule is N#C/C(=N/OCl)C(=O)Cl. The first kappa shape index (κ1) is 8.21. The van der Waals surface area contributed by atoms with Crippen LogP contribution in [-0.2, 0) is 9.18 Å². The van der Waals surface area contributed by atoms with Crippen molar-refractivity contribution in [2.45, 2.75) is 0 Å². The normalized spacial score (nSPS) is 10.1. The van der Waals surface area contributed by atoms with E-state index in [0.29, 0.717) is 0 Å². The van der Waals surface area contributed by atoms with Crippen LogP contribution in [0.1, 0.15) is 0 Å². The molecule has 0 atom stereocenters. The van der Waals surface area contributed by atoms with E-state index < -0.39 is 11.0 Å². The van der Waals surface area contributed by atoms with Crippen LogP contribution in [0.4, 0.5) is 0 Å². The summed E-state index contributed by atoms with van der Waals surface area (Å²) in [6, 6.07) is 1.36. The molecule has 48 valence electrons. The average Bonchev–Trinajstić information content (AvgIpc) is 1.82. The van der Waals surface area contributed by atoms with E-state index in [1.54, 1.807) is 0 Å². The molecule has 0 saturated carbocycles. The maximum Gasteiger partial charge on any atom is 0.285 e. The molecule has 0 heterocycles. The lowest BCUT2D eigenvalue weighted by Crippen LogP contribution is -2.03. The van der Waals surface area contributed by atoms with Crippen molar-refractivity contribution in [3.8, 4) is 6.07 Å². The summed E-state index contributed by atoms with van der Waals surface area (Å²) in [6.07, 6.45) is 0. The highest BCUT2D eigenvalue weighted by Gasteiger charge is 2.06. The fourth-order valence-corrected chi connectivity index (χ4v) is 0.281. The number of carbonyl (C=O) groups excluding carboxylic acids is 1. The molecule has 0 N–H and O–H groups in total. The van der Waals surface area contributed by atoms with Gasteiger partial charge >= 0.3 is 0 Å². The molecule has 0 aromatic heterocycles. The van der Waals surface area contributed by atoms with E-state index in [4.69, 9.17) is 16.9 Å². The maximum atomic E-state index is 10.0. The molecule has 0 aromatic rings. The van der Waals surface area contributed by atoms with Gasteiger partial charge in [0, 0.05) is 0 Å². The van der Waals surface area contributed by atoms with Gasteiger partial charge in [-0.2, -0.15) is 5.26 Å². The highest BCUT2D eigenvalue weighted by Crippen LogP contribution is 1.88. The minimum atomic E-state index is -1.00. The molecule has 0 fully saturated rings. The predicted molar refractivity (Wildman–Crippen MR) is 30.8 cm³/mol. The standard InChI is InChI=1S/C3Cl2N2O2/c4-3(8)2(1-6)7-9-5/b7-2-. The predicted octanol–water partition coefficient (Wildman–Crippen LogP) is 0.802. The van der Waals surface area contributed by atoms with Gasteiger partial charge in [-0.15, -0.1) is 0 Å². The molecule has 9 heavy (non-hydrogen) atoms. The number of carbonyl (C=O) groups is 1. The second kappa shape index (κ2) is 4.13. The van der Waals surface area contributed by atoms with E-state index in [1.165, 1.54) is 6.07 Å². The van der Waals surface area contributed by atoms with Crippen molar-refractivity contribution < 1.29 is 9.18 Å². The first-order valence-electron chi connectivity index (χ1n) is 1.68. The van der Waals surface area contributed by atoms with Crippen molar-refractivity contribution >= 4 is 34.4 Å². The van der Waals surface area contributed by atoms with Crippen LogP contribution in [-0.4, -0.2) is 11.0 Å². The van der Waals surface area contributed by atoms with E-state index in [1.807, 2.05) is 0 Å². The summed E-state index contributed by atoms with van der Waals surface area (Å²) in [6.45, 7) is 0. The van der Waals surface area contributed by atoms with Crippen LogP contribution in [0.15, 0.2) is 5.16 Å². The van der Waals surface area contributed by atoms with E-state index >= 15 is 0 Å². The third kappa shape index (κ3) is 2.90. The first-order chi connectivity index (χ1) is 4.22. The van der Waals surface area contributed by atoms with E-state index in [2.05, 4.69) is 21.4 Å². The maximum absolute atomic E-state index is 10.0. The van der Waals surface area contributed by atoms with E-state index in [0.717, 1.165) is 0 Å². The Balaban J connectivity index is 4.20. The molecule has 0 spiro atoms. The van der Waals surface area contributed by atoms with Crippen LogP contribution in [0.2, 0.25) is 0 Å². The largest absolute Gasteiger partial charge is 0.285 e. The van der Waals surface area contributed by atoms with Gasteiger partial charge in [-0.3, -0.25) is 9.18 Å². The number of nitrogens with zero attached hydrogens (tertiary/aromatic N) is 2. The summed E-state index contributed by atoms with van der Waals surface area (Å²) in [4.78, 5) is 10.0. The van der Waals surface area contributed by atoms with Gasteiger partial charge in [0.25, 0.3) is 5.24 Å². The molecule has 4 nitrogen and oxygen atoms in total. The van der Waals surface area contributed by atoms with Gasteiger partial charge in [-0.25, -0.2) is 0 Å². The van der Waals surface area contributed by atoms with Gasteiger partial charge in [0.05, 0.1) is 0 Å². The van der Waals surface area contributed by atoms with Gasteiger partial charge in [0.2, 0.25) is 5.71 Å². The topological polar surface area (TPSA) is 62.4 Å². The Labute approximate surface area is 60.8 Å². The monoisotopic (exact) mass is 166 g/mol. The van der Waals surface area contributed by atoms with Crippen LogP contribution < -0.4 is 0 Å². The molecule has 0 aromatic carbocycles. The van der Waals surface area contributed by atoms with Crippen molar-refractivity contribution in [2.24, 2.45) is 5.16 Å². The summed E-state index contributed by atoms with van der Waals surface area (Å²) in [7, 11) is 0. The second-order valence-electron chi connectivity index (χ2n) is 0.894. The molecular weight excluding hydrogens is 167 g/mol. The summed E-state index contributed by atoms with van der Waals surface area (Å²) in [5, 5.41) is 9.78. The Morgan fingerprint density at radius 3 is 2.44 bits per heavy atom. The van der Waals surface area contributed by atoms with E-state index in [9.17, 15) is 4.79 Å². The Kier molecular flexibility index (Phi) is 3.76. The Bertz CT molecular complexity index is 183. The zero-order valence-corrected chi connectivity index (χ0v) is 5.48.